The van der Waals surface area contributed by atoms with Crippen LogP contribution in [0.15, 0.2) is 60.7 Å². The zero-order valence-electron chi connectivity index (χ0n) is 16.0. The van der Waals surface area contributed by atoms with Crippen molar-refractivity contribution in [3.63, 3.8) is 0 Å². The van der Waals surface area contributed by atoms with E-state index in [1.54, 1.807) is 0 Å². The number of benzene rings is 2. The number of rotatable bonds is 7. The summed E-state index contributed by atoms with van der Waals surface area (Å²) in [4.78, 5) is 12.1. The first-order chi connectivity index (χ1) is 13.5. The van der Waals surface area contributed by atoms with E-state index in [2.05, 4.69) is 16.0 Å². The Morgan fingerprint density at radius 2 is 1.79 bits per heavy atom. The van der Waals surface area contributed by atoms with Gasteiger partial charge in [-0.25, -0.2) is 4.21 Å². The number of hydrogen-bond acceptors (Lipinski definition) is 2. The van der Waals surface area contributed by atoms with Crippen molar-refractivity contribution in [3.8, 4) is 16.9 Å². The number of carbonyl (C=O) groups is 1. The molecule has 0 saturated heterocycles. The molecule has 2 N–H and O–H groups in total. The summed E-state index contributed by atoms with van der Waals surface area (Å²) in [6.45, 7) is 4.54. The van der Waals surface area contributed by atoms with Crippen LogP contribution in [0.25, 0.3) is 16.9 Å². The molecule has 28 heavy (non-hydrogen) atoms. The van der Waals surface area contributed by atoms with Gasteiger partial charge in [-0.05, 0) is 48.7 Å². The lowest BCUT2D eigenvalue weighted by molar-refractivity contribution is -0.120. The SMILES string of the molecule is CCNC(=O)Cc1cc(-c2ccc(CS(=O)O)cc2)n(-c2ccccc2)c1C. The van der Waals surface area contributed by atoms with Crippen molar-refractivity contribution in [1.29, 1.82) is 0 Å². The summed E-state index contributed by atoms with van der Waals surface area (Å²) < 4.78 is 22.3. The van der Waals surface area contributed by atoms with Crippen LogP contribution in [0.5, 0.6) is 0 Å². The highest BCUT2D eigenvalue weighted by molar-refractivity contribution is 7.78. The number of amides is 1. The molecule has 0 spiro atoms. The quantitative estimate of drug-likeness (QED) is 0.596. The number of hydrogen-bond donors (Lipinski definition) is 2. The number of nitrogens with one attached hydrogen (secondary N) is 1. The van der Waals surface area contributed by atoms with Gasteiger partial charge in [0.2, 0.25) is 5.91 Å². The molecule has 3 aromatic rings. The standard InChI is InChI=1S/C22H24N2O3S/c1-3-23-22(25)14-19-13-21(18-11-9-17(10-12-18)15-28(26)27)24(16(19)2)20-7-5-4-6-8-20/h4-13H,3,14-15H2,1-2H3,(H,23,25)(H,26,27). The first-order valence-corrected chi connectivity index (χ1v) is 10.5. The van der Waals surface area contributed by atoms with Crippen LogP contribution in [0.2, 0.25) is 0 Å². The second-order valence-electron chi connectivity index (χ2n) is 6.60. The zero-order chi connectivity index (χ0) is 20.1. The molecule has 146 valence electrons. The van der Waals surface area contributed by atoms with Gasteiger partial charge in [0, 0.05) is 17.9 Å². The Bertz CT molecular complexity index is 979. The van der Waals surface area contributed by atoms with Crippen molar-refractivity contribution in [2.75, 3.05) is 6.54 Å². The van der Waals surface area contributed by atoms with E-state index < -0.39 is 11.1 Å². The number of aromatic nitrogens is 1. The van der Waals surface area contributed by atoms with Gasteiger partial charge in [-0.3, -0.25) is 4.79 Å². The Balaban J connectivity index is 2.05. The molecule has 1 unspecified atom stereocenters. The average Bonchev–Trinajstić information content (AvgIpc) is 2.99. The third-order valence-electron chi connectivity index (χ3n) is 4.63. The minimum Gasteiger partial charge on any atom is -0.356 e. The molecule has 1 heterocycles. The van der Waals surface area contributed by atoms with Gasteiger partial charge in [-0.15, -0.1) is 0 Å². The number of carbonyl (C=O) groups excluding carboxylic acids is 1. The van der Waals surface area contributed by atoms with Crippen LogP contribution in [0, 0.1) is 6.92 Å². The van der Waals surface area contributed by atoms with Crippen molar-refractivity contribution < 1.29 is 13.6 Å². The van der Waals surface area contributed by atoms with Crippen LogP contribution < -0.4 is 5.32 Å². The molecule has 0 saturated carbocycles. The fraction of sp³-hybridized carbons (Fsp3) is 0.227. The maximum atomic E-state index is 12.1. The summed E-state index contributed by atoms with van der Waals surface area (Å²) in [5.41, 5.74) is 5.80. The summed E-state index contributed by atoms with van der Waals surface area (Å²) >= 11 is -1.86. The van der Waals surface area contributed by atoms with E-state index in [0.29, 0.717) is 13.0 Å². The molecule has 0 radical (unpaired) electrons. The van der Waals surface area contributed by atoms with Gasteiger partial charge >= 0.3 is 0 Å². The molecule has 5 nitrogen and oxygen atoms in total. The Hall–Kier alpha value is -2.70. The molecule has 0 aliphatic rings. The predicted octanol–water partition coefficient (Wildman–Crippen LogP) is 3.85. The average molecular weight is 397 g/mol. The lowest BCUT2D eigenvalue weighted by Gasteiger charge is -2.13. The van der Waals surface area contributed by atoms with E-state index in [4.69, 9.17) is 4.55 Å². The molecule has 1 atom stereocenters. The number of para-hydroxylation sites is 1. The van der Waals surface area contributed by atoms with Crippen LogP contribution in [-0.2, 0) is 28.0 Å². The first kappa shape index (κ1) is 20.0. The van der Waals surface area contributed by atoms with Crippen LogP contribution >= 0.6 is 0 Å². The second kappa shape index (κ2) is 8.99. The molecule has 1 aromatic heterocycles. The van der Waals surface area contributed by atoms with Crippen LogP contribution in [-0.4, -0.2) is 25.8 Å². The van der Waals surface area contributed by atoms with Crippen molar-refractivity contribution in [3.05, 3.63) is 77.5 Å². The van der Waals surface area contributed by atoms with E-state index in [0.717, 1.165) is 33.8 Å². The monoisotopic (exact) mass is 396 g/mol. The van der Waals surface area contributed by atoms with Crippen molar-refractivity contribution in [1.82, 2.24) is 9.88 Å². The topological polar surface area (TPSA) is 71.3 Å². The minimum atomic E-state index is -1.86. The fourth-order valence-electron chi connectivity index (χ4n) is 3.31. The van der Waals surface area contributed by atoms with Crippen molar-refractivity contribution in [2.24, 2.45) is 0 Å². The van der Waals surface area contributed by atoms with Crippen LogP contribution in [0.4, 0.5) is 0 Å². The molecule has 0 aliphatic heterocycles. The summed E-state index contributed by atoms with van der Waals surface area (Å²) in [7, 11) is 0. The highest BCUT2D eigenvalue weighted by Gasteiger charge is 2.17. The Labute approximate surface area is 167 Å². The summed E-state index contributed by atoms with van der Waals surface area (Å²) in [5.74, 6) is 0.115. The lowest BCUT2D eigenvalue weighted by atomic mass is 10.1. The zero-order valence-corrected chi connectivity index (χ0v) is 16.8. The van der Waals surface area contributed by atoms with Gasteiger partial charge in [0.05, 0.1) is 17.9 Å². The fourth-order valence-corrected chi connectivity index (χ4v) is 3.78. The Kier molecular flexibility index (Phi) is 6.44. The van der Waals surface area contributed by atoms with E-state index in [1.165, 1.54) is 0 Å². The predicted molar refractivity (Wildman–Crippen MR) is 113 cm³/mol. The molecule has 0 fully saturated rings. The summed E-state index contributed by atoms with van der Waals surface area (Å²) in [6, 6.07) is 19.7. The summed E-state index contributed by atoms with van der Waals surface area (Å²) in [6.07, 6.45) is 0.327. The van der Waals surface area contributed by atoms with Crippen molar-refractivity contribution >= 4 is 17.0 Å². The normalized spacial score (nSPS) is 12.0. The molecular weight excluding hydrogens is 372 g/mol. The third-order valence-corrected chi connectivity index (χ3v) is 5.21. The number of likely N-dealkylation sites (N-methyl/N-ethyl adjacent to an activating group) is 1. The molecule has 2 aromatic carbocycles. The molecule has 6 heteroatoms. The van der Waals surface area contributed by atoms with Crippen molar-refractivity contribution in [2.45, 2.75) is 26.0 Å². The molecule has 0 bridgehead atoms. The first-order valence-electron chi connectivity index (χ1n) is 9.19. The lowest BCUT2D eigenvalue weighted by Crippen LogP contribution is -2.24. The third kappa shape index (κ3) is 4.58. The smallest absolute Gasteiger partial charge is 0.224 e. The molecular formula is C22H24N2O3S. The maximum Gasteiger partial charge on any atom is 0.224 e. The summed E-state index contributed by atoms with van der Waals surface area (Å²) in [5, 5.41) is 2.85. The van der Waals surface area contributed by atoms with E-state index in [1.807, 2.05) is 68.4 Å². The van der Waals surface area contributed by atoms with Gasteiger partial charge in [-0.2, -0.15) is 0 Å². The van der Waals surface area contributed by atoms with Gasteiger partial charge in [0.15, 0.2) is 11.1 Å². The number of nitrogens with zero attached hydrogens (tertiary/aromatic N) is 1. The van der Waals surface area contributed by atoms with Crippen LogP contribution in [0.3, 0.4) is 0 Å². The largest absolute Gasteiger partial charge is 0.356 e. The molecule has 1 amide bonds. The minimum absolute atomic E-state index is 0.00290. The van der Waals surface area contributed by atoms with E-state index >= 15 is 0 Å². The van der Waals surface area contributed by atoms with Gasteiger partial charge in [-0.1, -0.05) is 42.5 Å². The van der Waals surface area contributed by atoms with Crippen LogP contribution in [0.1, 0.15) is 23.7 Å². The van der Waals surface area contributed by atoms with E-state index in [-0.39, 0.29) is 11.7 Å². The van der Waals surface area contributed by atoms with Gasteiger partial charge in [0.25, 0.3) is 0 Å². The maximum absolute atomic E-state index is 12.1. The van der Waals surface area contributed by atoms with Gasteiger partial charge in [0.1, 0.15) is 0 Å². The molecule has 3 rings (SSSR count). The van der Waals surface area contributed by atoms with Gasteiger partial charge < -0.3 is 14.4 Å². The molecule has 0 aliphatic carbocycles. The Morgan fingerprint density at radius 3 is 2.39 bits per heavy atom. The Morgan fingerprint density at radius 1 is 1.11 bits per heavy atom. The van der Waals surface area contributed by atoms with E-state index in [9.17, 15) is 9.00 Å². The highest BCUT2D eigenvalue weighted by atomic mass is 32.2. The second-order valence-corrected chi connectivity index (χ2v) is 7.54. The highest BCUT2D eigenvalue weighted by Crippen LogP contribution is 2.30.